The average molecular weight is 292 g/mol. The molecule has 0 unspecified atom stereocenters. The Labute approximate surface area is 121 Å². The van der Waals surface area contributed by atoms with Crippen LogP contribution in [0.1, 0.15) is 16.1 Å². The Morgan fingerprint density at radius 1 is 1.19 bits per heavy atom. The third-order valence-corrected chi connectivity index (χ3v) is 2.99. The Kier molecular flexibility index (Phi) is 4.32. The maximum atomic E-state index is 11.1. The minimum atomic E-state index is -1.04. The first-order chi connectivity index (χ1) is 10.0. The lowest BCUT2D eigenvalue weighted by Crippen LogP contribution is -2.08. The molecule has 0 aliphatic carbocycles. The Hall–Kier alpha value is -2.70. The second-order valence-electron chi connectivity index (χ2n) is 4.27. The molecule has 0 spiro atoms. The summed E-state index contributed by atoms with van der Waals surface area (Å²) in [5.41, 5.74) is 0.594. The summed E-state index contributed by atoms with van der Waals surface area (Å²) in [5.74, 6) is 0.661. The van der Waals surface area contributed by atoms with Gasteiger partial charge in [0.15, 0.2) is 0 Å². The summed E-state index contributed by atoms with van der Waals surface area (Å²) in [4.78, 5) is 11.1. The zero-order valence-corrected chi connectivity index (χ0v) is 12.0. The fraction of sp³-hybridized carbons (Fsp3) is 0.286. The fourth-order valence-electron chi connectivity index (χ4n) is 1.83. The summed E-state index contributed by atoms with van der Waals surface area (Å²) in [6, 6.07) is 5.11. The third-order valence-electron chi connectivity index (χ3n) is 2.99. The van der Waals surface area contributed by atoms with Crippen molar-refractivity contribution in [1.82, 2.24) is 9.78 Å². The van der Waals surface area contributed by atoms with Crippen LogP contribution < -0.4 is 14.2 Å². The van der Waals surface area contributed by atoms with E-state index >= 15 is 0 Å². The van der Waals surface area contributed by atoms with Crippen LogP contribution in [-0.2, 0) is 13.7 Å². The molecule has 0 aliphatic heterocycles. The molecule has 2 aromatic rings. The first-order valence-corrected chi connectivity index (χ1v) is 6.15. The van der Waals surface area contributed by atoms with Crippen molar-refractivity contribution < 1.29 is 24.1 Å². The van der Waals surface area contributed by atoms with Crippen molar-refractivity contribution in [2.75, 3.05) is 14.2 Å². The number of aryl methyl sites for hydroxylation is 1. The molecular weight excluding hydrogens is 276 g/mol. The third kappa shape index (κ3) is 3.25. The molecule has 112 valence electrons. The highest BCUT2D eigenvalue weighted by atomic mass is 16.5. The lowest BCUT2D eigenvalue weighted by atomic mass is 10.2. The lowest BCUT2D eigenvalue weighted by Gasteiger charge is -2.11. The molecule has 0 bridgehead atoms. The second kappa shape index (κ2) is 6.17. The van der Waals surface area contributed by atoms with Gasteiger partial charge in [-0.25, -0.2) is 4.79 Å². The molecule has 0 fully saturated rings. The van der Waals surface area contributed by atoms with E-state index in [4.69, 9.17) is 19.3 Å². The van der Waals surface area contributed by atoms with E-state index in [0.29, 0.717) is 22.9 Å². The van der Waals surface area contributed by atoms with E-state index < -0.39 is 5.97 Å². The largest absolute Gasteiger partial charge is 0.496 e. The van der Waals surface area contributed by atoms with Gasteiger partial charge in [0.2, 0.25) is 0 Å². The number of carboxylic acids is 1. The highest BCUT2D eigenvalue weighted by molar-refractivity contribution is 5.88. The molecule has 7 heteroatoms. The molecule has 1 heterocycles. The number of methoxy groups -OCH3 is 2. The molecular formula is C14H16N2O5. The van der Waals surface area contributed by atoms with Gasteiger partial charge in [-0.15, -0.1) is 0 Å². The minimum absolute atomic E-state index is 0.0778. The predicted octanol–water partition coefficient (Wildman–Crippen LogP) is 1.71. The summed E-state index contributed by atoms with van der Waals surface area (Å²) in [5, 5.41) is 13.0. The van der Waals surface area contributed by atoms with Gasteiger partial charge in [0, 0.05) is 25.2 Å². The highest BCUT2D eigenvalue weighted by Gasteiger charge is 2.15. The van der Waals surface area contributed by atoms with E-state index in [2.05, 4.69) is 5.10 Å². The van der Waals surface area contributed by atoms with Crippen LogP contribution in [0.2, 0.25) is 0 Å². The number of carboxylic acid groups (broad SMARTS) is 1. The number of aromatic nitrogens is 2. The van der Waals surface area contributed by atoms with Gasteiger partial charge >= 0.3 is 5.97 Å². The SMILES string of the molecule is COc1cc(OC)cc(OCc2c(C(=O)O)cnn2C)c1. The van der Waals surface area contributed by atoms with Crippen molar-refractivity contribution in [3.63, 3.8) is 0 Å². The van der Waals surface area contributed by atoms with E-state index in [0.717, 1.165) is 0 Å². The molecule has 1 aromatic heterocycles. The van der Waals surface area contributed by atoms with Crippen molar-refractivity contribution in [3.8, 4) is 17.2 Å². The van der Waals surface area contributed by atoms with E-state index in [1.54, 1.807) is 39.5 Å². The highest BCUT2D eigenvalue weighted by Crippen LogP contribution is 2.28. The molecule has 21 heavy (non-hydrogen) atoms. The first kappa shape index (κ1) is 14.7. The van der Waals surface area contributed by atoms with Gasteiger partial charge in [-0.2, -0.15) is 5.10 Å². The maximum Gasteiger partial charge on any atom is 0.339 e. The molecule has 0 saturated heterocycles. The number of hydrogen-bond donors (Lipinski definition) is 1. The number of rotatable bonds is 6. The van der Waals surface area contributed by atoms with Crippen LogP contribution in [0, 0.1) is 0 Å². The van der Waals surface area contributed by atoms with Crippen molar-refractivity contribution in [3.05, 3.63) is 35.7 Å². The van der Waals surface area contributed by atoms with E-state index in [9.17, 15) is 4.79 Å². The minimum Gasteiger partial charge on any atom is -0.496 e. The average Bonchev–Trinajstić information content (AvgIpc) is 2.85. The normalized spacial score (nSPS) is 10.2. The number of benzene rings is 1. The van der Waals surface area contributed by atoms with E-state index in [1.165, 1.54) is 10.9 Å². The van der Waals surface area contributed by atoms with Crippen molar-refractivity contribution in [2.24, 2.45) is 7.05 Å². The maximum absolute atomic E-state index is 11.1. The molecule has 0 radical (unpaired) electrons. The van der Waals surface area contributed by atoms with E-state index in [-0.39, 0.29) is 12.2 Å². The molecule has 1 aromatic carbocycles. The summed E-state index contributed by atoms with van der Waals surface area (Å²) < 4.78 is 17.4. The smallest absolute Gasteiger partial charge is 0.339 e. The Bertz CT molecular complexity index is 629. The van der Waals surface area contributed by atoms with Crippen LogP contribution in [0.4, 0.5) is 0 Å². The van der Waals surface area contributed by atoms with Crippen LogP contribution in [0.15, 0.2) is 24.4 Å². The summed E-state index contributed by atoms with van der Waals surface area (Å²) in [7, 11) is 4.75. The van der Waals surface area contributed by atoms with Gasteiger partial charge in [-0.3, -0.25) is 4.68 Å². The van der Waals surface area contributed by atoms with Gasteiger partial charge in [0.25, 0.3) is 0 Å². The summed E-state index contributed by atoms with van der Waals surface area (Å²) >= 11 is 0. The summed E-state index contributed by atoms with van der Waals surface area (Å²) in [6.45, 7) is 0.0778. The number of ether oxygens (including phenoxy) is 3. The van der Waals surface area contributed by atoms with Crippen molar-refractivity contribution >= 4 is 5.97 Å². The van der Waals surface area contributed by atoms with Gasteiger partial charge in [-0.05, 0) is 0 Å². The molecule has 1 N–H and O–H groups in total. The van der Waals surface area contributed by atoms with Crippen LogP contribution in [0.5, 0.6) is 17.2 Å². The quantitative estimate of drug-likeness (QED) is 0.872. The molecule has 0 atom stereocenters. The van der Waals surface area contributed by atoms with Crippen LogP contribution in [-0.4, -0.2) is 35.1 Å². The number of aromatic carboxylic acids is 1. The first-order valence-electron chi connectivity index (χ1n) is 6.15. The lowest BCUT2D eigenvalue weighted by molar-refractivity contribution is 0.0693. The number of nitrogens with zero attached hydrogens (tertiary/aromatic N) is 2. The van der Waals surface area contributed by atoms with Gasteiger partial charge < -0.3 is 19.3 Å². The molecule has 0 amide bonds. The van der Waals surface area contributed by atoms with Crippen LogP contribution in [0.3, 0.4) is 0 Å². The zero-order valence-electron chi connectivity index (χ0n) is 12.0. The van der Waals surface area contributed by atoms with Gasteiger partial charge in [-0.1, -0.05) is 0 Å². The molecule has 0 saturated carbocycles. The van der Waals surface area contributed by atoms with Gasteiger partial charge in [0.05, 0.1) is 26.1 Å². The monoisotopic (exact) mass is 292 g/mol. The van der Waals surface area contributed by atoms with E-state index in [1.807, 2.05) is 0 Å². The standard InChI is InChI=1S/C14H16N2O5/c1-16-13(12(7-15-16)14(17)18)8-21-11-5-9(19-2)4-10(6-11)20-3/h4-7H,8H2,1-3H3,(H,17,18). The molecule has 2 rings (SSSR count). The van der Waals surface area contributed by atoms with Crippen molar-refractivity contribution in [1.29, 1.82) is 0 Å². The molecule has 0 aliphatic rings. The summed E-state index contributed by atoms with van der Waals surface area (Å²) in [6.07, 6.45) is 1.30. The Balaban J connectivity index is 2.20. The topological polar surface area (TPSA) is 82.8 Å². The van der Waals surface area contributed by atoms with Crippen LogP contribution in [0.25, 0.3) is 0 Å². The predicted molar refractivity (Wildman–Crippen MR) is 74.0 cm³/mol. The fourth-order valence-corrected chi connectivity index (χ4v) is 1.83. The van der Waals surface area contributed by atoms with Crippen LogP contribution >= 0.6 is 0 Å². The Morgan fingerprint density at radius 2 is 1.76 bits per heavy atom. The number of carbonyl (C=O) groups is 1. The van der Waals surface area contributed by atoms with Gasteiger partial charge in [0.1, 0.15) is 29.4 Å². The Morgan fingerprint density at radius 3 is 2.29 bits per heavy atom. The molecule has 7 nitrogen and oxygen atoms in total. The zero-order chi connectivity index (χ0) is 15.4. The van der Waals surface area contributed by atoms with Crippen molar-refractivity contribution in [2.45, 2.75) is 6.61 Å². The number of hydrogen-bond acceptors (Lipinski definition) is 5. The second-order valence-corrected chi connectivity index (χ2v) is 4.27.